The van der Waals surface area contributed by atoms with Crippen molar-refractivity contribution in [2.45, 2.75) is 45.6 Å². The lowest BCUT2D eigenvalue weighted by Gasteiger charge is -2.34. The molecule has 6 nitrogen and oxygen atoms in total. The summed E-state index contributed by atoms with van der Waals surface area (Å²) in [5.41, 5.74) is 6.04. The van der Waals surface area contributed by atoms with E-state index < -0.39 is 4.92 Å². The molecule has 94 valence electrons. The van der Waals surface area contributed by atoms with E-state index in [0.29, 0.717) is 5.41 Å². The van der Waals surface area contributed by atoms with Gasteiger partial charge < -0.3 is 5.73 Å². The first-order valence-corrected chi connectivity index (χ1v) is 5.88. The van der Waals surface area contributed by atoms with Crippen molar-refractivity contribution in [1.29, 1.82) is 0 Å². The van der Waals surface area contributed by atoms with Gasteiger partial charge in [0.15, 0.2) is 0 Å². The summed E-state index contributed by atoms with van der Waals surface area (Å²) >= 11 is 0. The third-order valence-corrected chi connectivity index (χ3v) is 3.66. The molecule has 1 aromatic rings. The summed E-state index contributed by atoms with van der Waals surface area (Å²) in [4.78, 5) is 10.2. The van der Waals surface area contributed by atoms with E-state index in [4.69, 9.17) is 5.73 Å². The lowest BCUT2D eigenvalue weighted by molar-refractivity contribution is -0.384. The summed E-state index contributed by atoms with van der Waals surface area (Å²) in [6, 6.07) is 0.205. The van der Waals surface area contributed by atoms with Crippen LogP contribution in [0.2, 0.25) is 0 Å². The molecule has 0 radical (unpaired) electrons. The Labute approximate surface area is 99.9 Å². The molecule has 1 aromatic heterocycles. The van der Waals surface area contributed by atoms with Crippen LogP contribution in [-0.4, -0.2) is 14.7 Å². The fraction of sp³-hybridized carbons (Fsp3) is 0.727. The van der Waals surface area contributed by atoms with Gasteiger partial charge in [0, 0.05) is 0 Å². The minimum absolute atomic E-state index is 0.0881. The molecule has 2 N–H and O–H groups in total. The first-order chi connectivity index (χ1) is 7.91. The van der Waals surface area contributed by atoms with Crippen LogP contribution in [0.4, 0.5) is 11.5 Å². The Kier molecular flexibility index (Phi) is 2.81. The van der Waals surface area contributed by atoms with Gasteiger partial charge in [0.25, 0.3) is 0 Å². The average Bonchev–Trinajstić information content (AvgIpc) is 2.60. The SMILES string of the molecule is CC1(C)CCC(n2ncc([N+](=O)[O-])c2N)CC1. The predicted molar refractivity (Wildman–Crippen MR) is 64.6 cm³/mol. The van der Waals surface area contributed by atoms with Crippen molar-refractivity contribution in [3.8, 4) is 0 Å². The predicted octanol–water partition coefficient (Wildman–Crippen LogP) is 2.51. The van der Waals surface area contributed by atoms with Crippen LogP contribution >= 0.6 is 0 Å². The van der Waals surface area contributed by atoms with Crippen LogP contribution in [0.5, 0.6) is 0 Å². The van der Waals surface area contributed by atoms with Gasteiger partial charge in [-0.2, -0.15) is 5.10 Å². The van der Waals surface area contributed by atoms with E-state index in [1.54, 1.807) is 4.68 Å². The molecule has 0 saturated heterocycles. The van der Waals surface area contributed by atoms with Gasteiger partial charge in [-0.25, -0.2) is 4.68 Å². The highest BCUT2D eigenvalue weighted by atomic mass is 16.6. The van der Waals surface area contributed by atoms with Gasteiger partial charge in [0.2, 0.25) is 5.82 Å². The number of nitro groups is 1. The molecule has 1 heterocycles. The van der Waals surface area contributed by atoms with Crippen molar-refractivity contribution in [2.75, 3.05) is 5.73 Å². The summed E-state index contributed by atoms with van der Waals surface area (Å²) in [6.45, 7) is 4.50. The number of nitrogens with two attached hydrogens (primary N) is 1. The maximum absolute atomic E-state index is 10.7. The monoisotopic (exact) mass is 238 g/mol. The second-order valence-corrected chi connectivity index (χ2v) is 5.51. The summed E-state index contributed by atoms with van der Waals surface area (Å²) in [5.74, 6) is 0.180. The Morgan fingerprint density at radius 1 is 1.53 bits per heavy atom. The highest BCUT2D eigenvalue weighted by Gasteiger charge is 2.30. The first kappa shape index (κ1) is 11.9. The van der Waals surface area contributed by atoms with Crippen LogP contribution in [0, 0.1) is 15.5 Å². The average molecular weight is 238 g/mol. The second kappa shape index (κ2) is 4.01. The summed E-state index contributed by atoms with van der Waals surface area (Å²) in [5, 5.41) is 14.8. The number of anilines is 1. The highest BCUT2D eigenvalue weighted by molar-refractivity contribution is 5.51. The minimum atomic E-state index is -0.481. The van der Waals surface area contributed by atoms with Crippen molar-refractivity contribution in [3.63, 3.8) is 0 Å². The molecular weight excluding hydrogens is 220 g/mol. The molecule has 6 heteroatoms. The Bertz CT molecular complexity index is 429. The Hall–Kier alpha value is -1.59. The number of nitrogen functional groups attached to an aromatic ring is 1. The number of hydrogen-bond acceptors (Lipinski definition) is 4. The van der Waals surface area contributed by atoms with Crippen molar-refractivity contribution in [3.05, 3.63) is 16.3 Å². The largest absolute Gasteiger partial charge is 0.378 e. The van der Waals surface area contributed by atoms with E-state index >= 15 is 0 Å². The van der Waals surface area contributed by atoms with Crippen molar-refractivity contribution < 1.29 is 4.92 Å². The number of aromatic nitrogens is 2. The summed E-state index contributed by atoms with van der Waals surface area (Å²) < 4.78 is 1.62. The van der Waals surface area contributed by atoms with E-state index in [1.165, 1.54) is 6.20 Å². The number of hydrogen-bond donors (Lipinski definition) is 1. The maximum Gasteiger partial charge on any atom is 0.330 e. The molecule has 1 fully saturated rings. The molecule has 0 unspecified atom stereocenters. The van der Waals surface area contributed by atoms with Gasteiger partial charge in [0.1, 0.15) is 6.20 Å². The van der Waals surface area contributed by atoms with Crippen LogP contribution < -0.4 is 5.73 Å². The molecule has 0 aliphatic heterocycles. The van der Waals surface area contributed by atoms with E-state index in [2.05, 4.69) is 18.9 Å². The molecule has 0 aromatic carbocycles. The van der Waals surface area contributed by atoms with Gasteiger partial charge in [-0.3, -0.25) is 10.1 Å². The lowest BCUT2D eigenvalue weighted by Crippen LogP contribution is -2.24. The highest BCUT2D eigenvalue weighted by Crippen LogP contribution is 2.41. The van der Waals surface area contributed by atoms with E-state index in [9.17, 15) is 10.1 Å². The molecule has 17 heavy (non-hydrogen) atoms. The quantitative estimate of drug-likeness (QED) is 0.633. The molecule has 0 atom stereocenters. The second-order valence-electron chi connectivity index (χ2n) is 5.51. The third-order valence-electron chi connectivity index (χ3n) is 3.66. The minimum Gasteiger partial charge on any atom is -0.378 e. The maximum atomic E-state index is 10.7. The van der Waals surface area contributed by atoms with Crippen LogP contribution in [0.1, 0.15) is 45.6 Å². The van der Waals surface area contributed by atoms with Crippen molar-refractivity contribution in [2.24, 2.45) is 5.41 Å². The van der Waals surface area contributed by atoms with Gasteiger partial charge in [0.05, 0.1) is 11.0 Å². The Morgan fingerprint density at radius 3 is 2.59 bits per heavy atom. The fourth-order valence-corrected chi connectivity index (χ4v) is 2.42. The van der Waals surface area contributed by atoms with Crippen LogP contribution in [0.25, 0.3) is 0 Å². The molecule has 0 bridgehead atoms. The third kappa shape index (κ3) is 2.25. The number of rotatable bonds is 2. The molecule has 1 saturated carbocycles. The lowest BCUT2D eigenvalue weighted by atomic mass is 9.75. The number of nitrogens with zero attached hydrogens (tertiary/aromatic N) is 3. The van der Waals surface area contributed by atoms with E-state index in [1.807, 2.05) is 0 Å². The molecule has 2 rings (SSSR count). The van der Waals surface area contributed by atoms with Gasteiger partial charge >= 0.3 is 5.69 Å². The fourth-order valence-electron chi connectivity index (χ4n) is 2.42. The standard InChI is InChI=1S/C11H18N4O2/c1-11(2)5-3-8(4-6-11)14-10(12)9(7-13-14)15(16)17/h7-8H,3-6,12H2,1-2H3. The molecule has 1 aliphatic rings. The normalized spacial score (nSPS) is 20.4. The zero-order valence-corrected chi connectivity index (χ0v) is 10.2. The zero-order valence-electron chi connectivity index (χ0n) is 10.2. The molecule has 1 aliphatic carbocycles. The first-order valence-electron chi connectivity index (χ1n) is 5.88. The Morgan fingerprint density at radius 2 is 2.12 bits per heavy atom. The van der Waals surface area contributed by atoms with Crippen molar-refractivity contribution in [1.82, 2.24) is 9.78 Å². The van der Waals surface area contributed by atoms with Gasteiger partial charge in [-0.15, -0.1) is 0 Å². The van der Waals surface area contributed by atoms with Gasteiger partial charge in [-0.1, -0.05) is 13.8 Å². The van der Waals surface area contributed by atoms with E-state index in [0.717, 1.165) is 25.7 Å². The van der Waals surface area contributed by atoms with Crippen LogP contribution in [-0.2, 0) is 0 Å². The van der Waals surface area contributed by atoms with E-state index in [-0.39, 0.29) is 17.5 Å². The summed E-state index contributed by atoms with van der Waals surface area (Å²) in [6.07, 6.45) is 5.41. The topological polar surface area (TPSA) is 87.0 Å². The zero-order chi connectivity index (χ0) is 12.6. The smallest absolute Gasteiger partial charge is 0.330 e. The molecular formula is C11H18N4O2. The molecule has 0 amide bonds. The van der Waals surface area contributed by atoms with Gasteiger partial charge in [-0.05, 0) is 31.1 Å². The van der Waals surface area contributed by atoms with Crippen molar-refractivity contribution >= 4 is 11.5 Å². The Balaban J connectivity index is 2.17. The molecule has 0 spiro atoms. The summed E-state index contributed by atoms with van der Waals surface area (Å²) in [7, 11) is 0. The van der Waals surface area contributed by atoms with Crippen LogP contribution in [0.15, 0.2) is 6.20 Å². The van der Waals surface area contributed by atoms with Crippen LogP contribution in [0.3, 0.4) is 0 Å².